The van der Waals surface area contributed by atoms with Crippen LogP contribution in [0, 0.1) is 0 Å². The highest BCUT2D eigenvalue weighted by molar-refractivity contribution is 6.96. The largest absolute Gasteiger partial charge is 0.469 e. The van der Waals surface area contributed by atoms with E-state index in [1.807, 2.05) is 63.2 Å². The van der Waals surface area contributed by atoms with Crippen molar-refractivity contribution in [1.82, 2.24) is 4.98 Å². The molecule has 7 heteroatoms. The molecule has 1 N–H and O–H groups in total. The Labute approximate surface area is 192 Å². The van der Waals surface area contributed by atoms with Gasteiger partial charge >= 0.3 is 20.5 Å². The molecule has 0 spiro atoms. The third kappa shape index (κ3) is 6.93. The molecule has 1 atom stereocenters. The van der Waals surface area contributed by atoms with Gasteiger partial charge in [0.2, 0.25) is 0 Å². The second-order valence-corrected chi connectivity index (χ2v) is 12.7. The van der Waals surface area contributed by atoms with Gasteiger partial charge in [0.25, 0.3) is 0 Å². The van der Waals surface area contributed by atoms with Crippen LogP contribution < -0.4 is 15.4 Å². The van der Waals surface area contributed by atoms with Crippen LogP contribution in [0.15, 0.2) is 54.6 Å². The van der Waals surface area contributed by atoms with Gasteiger partial charge in [-0.3, -0.25) is 4.79 Å². The van der Waals surface area contributed by atoms with E-state index in [4.69, 9.17) is 13.9 Å². The predicted molar refractivity (Wildman–Crippen MR) is 129 cm³/mol. The highest BCUT2D eigenvalue weighted by Gasteiger charge is 2.44. The van der Waals surface area contributed by atoms with Gasteiger partial charge in [0.1, 0.15) is 5.60 Å². The lowest BCUT2D eigenvalue weighted by Crippen LogP contribution is -2.72. The van der Waals surface area contributed by atoms with Crippen molar-refractivity contribution in [2.45, 2.75) is 59.0 Å². The number of nitrogens with one attached hydrogen (secondary N) is 1. The van der Waals surface area contributed by atoms with Crippen molar-refractivity contribution in [3.8, 4) is 0 Å². The van der Waals surface area contributed by atoms with Crippen LogP contribution in [0.25, 0.3) is 0 Å². The van der Waals surface area contributed by atoms with Gasteiger partial charge in [0.05, 0.1) is 13.5 Å². The average molecular weight is 458 g/mol. The highest BCUT2D eigenvalue weighted by Crippen LogP contribution is 2.21. The lowest BCUT2D eigenvalue weighted by molar-refractivity contribution is -0.141. The first-order chi connectivity index (χ1) is 14.9. The zero-order valence-corrected chi connectivity index (χ0v) is 21.2. The number of hydrogen-bond donors (Lipinski definition) is 1. The number of esters is 1. The summed E-state index contributed by atoms with van der Waals surface area (Å²) in [6.45, 7) is 12.0. The lowest BCUT2D eigenvalue weighted by Gasteiger charge is -2.33. The molecule has 0 saturated carbocycles. The molecule has 2 aromatic rings. The SMILES string of the molecule is COC(=O)CCO[Si](NC(=O)OC(C)(C)C)(c1ccccc1)c1ccc(C(C)(C)C)cc1. The highest BCUT2D eigenvalue weighted by atomic mass is 28.4. The van der Waals surface area contributed by atoms with E-state index in [2.05, 4.69) is 37.9 Å². The Hall–Kier alpha value is -2.64. The molecular formula is C25H35NO5Si. The van der Waals surface area contributed by atoms with E-state index in [1.54, 1.807) is 0 Å². The molecule has 0 bridgehead atoms. The molecule has 0 aliphatic rings. The smallest absolute Gasteiger partial charge is 0.401 e. The zero-order valence-electron chi connectivity index (χ0n) is 20.2. The number of carbonyl (C=O) groups excluding carboxylic acids is 2. The molecular weight excluding hydrogens is 422 g/mol. The van der Waals surface area contributed by atoms with Gasteiger partial charge in [0.15, 0.2) is 0 Å². The summed E-state index contributed by atoms with van der Waals surface area (Å²) in [7, 11) is -1.96. The number of amides is 1. The maximum atomic E-state index is 12.9. The zero-order chi connectivity index (χ0) is 24.0. The van der Waals surface area contributed by atoms with E-state index in [0.717, 1.165) is 10.4 Å². The number of rotatable bonds is 7. The van der Waals surface area contributed by atoms with Crippen LogP contribution in [0.4, 0.5) is 4.79 Å². The Morgan fingerprint density at radius 1 is 0.875 bits per heavy atom. The molecule has 2 aromatic carbocycles. The van der Waals surface area contributed by atoms with Gasteiger partial charge in [-0.15, -0.1) is 0 Å². The van der Waals surface area contributed by atoms with Crippen molar-refractivity contribution in [1.29, 1.82) is 0 Å². The Morgan fingerprint density at radius 2 is 1.44 bits per heavy atom. The predicted octanol–water partition coefficient (Wildman–Crippen LogP) is 3.64. The van der Waals surface area contributed by atoms with Crippen molar-refractivity contribution in [3.05, 3.63) is 60.2 Å². The van der Waals surface area contributed by atoms with Crippen LogP contribution in [0.1, 0.15) is 53.5 Å². The number of hydrogen-bond acceptors (Lipinski definition) is 5. The molecule has 0 aliphatic carbocycles. The van der Waals surface area contributed by atoms with Crippen LogP contribution in [0.2, 0.25) is 0 Å². The van der Waals surface area contributed by atoms with E-state index in [1.165, 1.54) is 12.7 Å². The molecule has 32 heavy (non-hydrogen) atoms. The minimum atomic E-state index is -3.30. The Kier molecular flexibility index (Phi) is 8.26. The van der Waals surface area contributed by atoms with Gasteiger partial charge < -0.3 is 18.9 Å². The second-order valence-electron chi connectivity index (χ2n) is 9.68. The molecule has 174 valence electrons. The van der Waals surface area contributed by atoms with E-state index in [9.17, 15) is 9.59 Å². The fourth-order valence-corrected chi connectivity index (χ4v) is 6.30. The normalized spacial score (nSPS) is 13.7. The summed E-state index contributed by atoms with van der Waals surface area (Å²) in [5.74, 6) is -0.374. The van der Waals surface area contributed by atoms with E-state index in [0.29, 0.717) is 0 Å². The minimum Gasteiger partial charge on any atom is -0.469 e. The average Bonchev–Trinajstić information content (AvgIpc) is 2.71. The van der Waals surface area contributed by atoms with Gasteiger partial charge in [-0.05, 0) is 42.1 Å². The fourth-order valence-electron chi connectivity index (χ4n) is 3.23. The van der Waals surface area contributed by atoms with Gasteiger partial charge in [0, 0.05) is 6.61 Å². The van der Waals surface area contributed by atoms with Crippen LogP contribution >= 0.6 is 0 Å². The first-order valence-corrected chi connectivity index (χ1v) is 12.7. The topological polar surface area (TPSA) is 73.9 Å². The summed E-state index contributed by atoms with van der Waals surface area (Å²) in [6.07, 6.45) is -0.486. The van der Waals surface area contributed by atoms with Crippen molar-refractivity contribution >= 4 is 30.9 Å². The molecule has 0 heterocycles. The summed E-state index contributed by atoms with van der Waals surface area (Å²) >= 11 is 0. The molecule has 6 nitrogen and oxygen atoms in total. The molecule has 0 saturated heterocycles. The fraction of sp³-hybridized carbons (Fsp3) is 0.440. The number of benzene rings is 2. The third-order valence-corrected chi connectivity index (χ3v) is 8.35. The van der Waals surface area contributed by atoms with Gasteiger partial charge in [-0.25, -0.2) is 4.79 Å². The molecule has 2 rings (SSSR count). The maximum Gasteiger partial charge on any atom is 0.401 e. The molecule has 0 aromatic heterocycles. The molecule has 1 amide bonds. The molecule has 0 fully saturated rings. The standard InChI is InChI=1S/C25H35NO5Si/c1-24(2,3)19-13-15-21(16-14-19)32(20-11-9-8-10-12-20,30-18-17-22(27)29-7)26-23(28)31-25(4,5)6/h8-16H,17-18H2,1-7H3,(H,26,28). The van der Waals surface area contributed by atoms with Gasteiger partial charge in [-0.2, -0.15) is 0 Å². The van der Waals surface area contributed by atoms with Crippen LogP contribution in [-0.4, -0.2) is 39.9 Å². The summed E-state index contributed by atoms with van der Waals surface area (Å²) in [4.78, 5) is 27.7. The first kappa shape index (κ1) is 25.6. The number of ether oxygens (including phenoxy) is 2. The van der Waals surface area contributed by atoms with Crippen LogP contribution in [0.5, 0.6) is 0 Å². The Bertz CT molecular complexity index is 901. The summed E-state index contributed by atoms with van der Waals surface area (Å²) in [6, 6.07) is 17.7. The van der Waals surface area contributed by atoms with E-state index in [-0.39, 0.29) is 24.4 Å². The third-order valence-electron chi connectivity index (χ3n) is 4.87. The van der Waals surface area contributed by atoms with Crippen molar-refractivity contribution in [2.24, 2.45) is 0 Å². The Balaban J connectivity index is 2.56. The Morgan fingerprint density at radius 3 is 1.94 bits per heavy atom. The van der Waals surface area contributed by atoms with Gasteiger partial charge in [-0.1, -0.05) is 75.4 Å². The first-order valence-electron chi connectivity index (χ1n) is 10.8. The van der Waals surface area contributed by atoms with E-state index < -0.39 is 20.2 Å². The van der Waals surface area contributed by atoms with Crippen LogP contribution in [-0.2, 0) is 24.1 Å². The number of methoxy groups -OCH3 is 1. The molecule has 0 radical (unpaired) electrons. The maximum absolute atomic E-state index is 12.9. The van der Waals surface area contributed by atoms with Crippen molar-refractivity contribution in [3.63, 3.8) is 0 Å². The second kappa shape index (κ2) is 10.3. The summed E-state index contributed by atoms with van der Waals surface area (Å²) in [5.41, 5.74) is 0.493. The molecule has 0 aliphatic heterocycles. The summed E-state index contributed by atoms with van der Waals surface area (Å²) < 4.78 is 16.7. The van der Waals surface area contributed by atoms with E-state index >= 15 is 0 Å². The lowest BCUT2D eigenvalue weighted by atomic mass is 9.87. The monoisotopic (exact) mass is 457 g/mol. The number of carbonyl (C=O) groups is 2. The minimum absolute atomic E-state index is 0.0141. The van der Waals surface area contributed by atoms with Crippen LogP contribution in [0.3, 0.4) is 0 Å². The molecule has 1 unspecified atom stereocenters. The van der Waals surface area contributed by atoms with Crippen molar-refractivity contribution in [2.75, 3.05) is 13.7 Å². The summed E-state index contributed by atoms with van der Waals surface area (Å²) in [5, 5.41) is 1.70. The van der Waals surface area contributed by atoms with Crippen molar-refractivity contribution < 1.29 is 23.5 Å². The quantitative estimate of drug-likeness (QED) is 0.508.